The lowest BCUT2D eigenvalue weighted by Gasteiger charge is -2.19. The average Bonchev–Trinajstić information content (AvgIpc) is 3.39. The van der Waals surface area contributed by atoms with E-state index in [0.29, 0.717) is 18.6 Å². The summed E-state index contributed by atoms with van der Waals surface area (Å²) >= 11 is 0. The standard InChI is InChI=1S/C23H29NO3/c1-15-4-5-17(14-23(2,3)26)12-20(15)21-13-18(8-9-19(21)22(24)25)27-11-10-16-6-7-16/h4-5,8-9,12-13,16,26H,6-7,10-11,14H2,1-3H3,(H2,24,25). The topological polar surface area (TPSA) is 72.6 Å². The fraction of sp³-hybridized carbons (Fsp3) is 0.435. The van der Waals surface area contributed by atoms with Crippen molar-refractivity contribution in [2.75, 3.05) is 6.61 Å². The second kappa shape index (κ2) is 7.73. The summed E-state index contributed by atoms with van der Waals surface area (Å²) < 4.78 is 5.91. The third kappa shape index (κ3) is 5.33. The van der Waals surface area contributed by atoms with Gasteiger partial charge < -0.3 is 15.6 Å². The SMILES string of the molecule is Cc1ccc(CC(C)(C)O)cc1-c1cc(OCCC2CC2)ccc1C(N)=O. The number of nitrogens with two attached hydrogens (primary N) is 1. The van der Waals surface area contributed by atoms with E-state index < -0.39 is 11.5 Å². The Bertz CT molecular complexity index is 832. The van der Waals surface area contributed by atoms with Gasteiger partial charge in [0.2, 0.25) is 5.91 Å². The highest BCUT2D eigenvalue weighted by molar-refractivity contribution is 6.00. The Labute approximate surface area is 161 Å². The summed E-state index contributed by atoms with van der Waals surface area (Å²) in [4.78, 5) is 12.0. The number of primary amides is 1. The molecule has 1 saturated carbocycles. The number of ether oxygens (including phenoxy) is 1. The van der Waals surface area contributed by atoms with Crippen molar-refractivity contribution in [3.05, 3.63) is 53.1 Å². The molecule has 0 unspecified atom stereocenters. The van der Waals surface area contributed by atoms with E-state index in [9.17, 15) is 9.90 Å². The average molecular weight is 367 g/mol. The van der Waals surface area contributed by atoms with Gasteiger partial charge in [0.25, 0.3) is 0 Å². The maximum atomic E-state index is 12.0. The molecule has 3 rings (SSSR count). The minimum absolute atomic E-state index is 0.457. The Balaban J connectivity index is 1.94. The van der Waals surface area contributed by atoms with E-state index in [1.165, 1.54) is 12.8 Å². The van der Waals surface area contributed by atoms with Gasteiger partial charge in [-0.3, -0.25) is 4.79 Å². The van der Waals surface area contributed by atoms with E-state index in [4.69, 9.17) is 10.5 Å². The van der Waals surface area contributed by atoms with Crippen molar-refractivity contribution in [2.24, 2.45) is 11.7 Å². The second-order valence-electron chi connectivity index (χ2n) is 8.29. The van der Waals surface area contributed by atoms with E-state index in [-0.39, 0.29) is 0 Å². The van der Waals surface area contributed by atoms with Crippen molar-refractivity contribution < 1.29 is 14.6 Å². The third-order valence-corrected chi connectivity index (χ3v) is 4.98. The van der Waals surface area contributed by atoms with Crippen LogP contribution in [0.25, 0.3) is 11.1 Å². The van der Waals surface area contributed by atoms with Crippen molar-refractivity contribution in [1.29, 1.82) is 0 Å². The molecule has 4 nitrogen and oxygen atoms in total. The Morgan fingerprint density at radius 1 is 1.19 bits per heavy atom. The first-order valence-corrected chi connectivity index (χ1v) is 9.62. The van der Waals surface area contributed by atoms with Crippen molar-refractivity contribution in [3.63, 3.8) is 0 Å². The molecule has 144 valence electrons. The number of amides is 1. The molecule has 0 heterocycles. The van der Waals surface area contributed by atoms with Crippen LogP contribution in [0.4, 0.5) is 0 Å². The molecule has 0 aromatic heterocycles. The molecular formula is C23H29NO3. The first-order chi connectivity index (χ1) is 12.7. The second-order valence-corrected chi connectivity index (χ2v) is 8.29. The van der Waals surface area contributed by atoms with Crippen LogP contribution in [0.5, 0.6) is 5.75 Å². The molecule has 3 N–H and O–H groups in total. The summed E-state index contributed by atoms with van der Waals surface area (Å²) in [6, 6.07) is 11.5. The summed E-state index contributed by atoms with van der Waals surface area (Å²) in [6.07, 6.45) is 4.22. The summed E-state index contributed by atoms with van der Waals surface area (Å²) in [5.74, 6) is 1.11. The lowest BCUT2D eigenvalue weighted by Crippen LogP contribution is -2.21. The van der Waals surface area contributed by atoms with Crippen LogP contribution in [0.3, 0.4) is 0 Å². The van der Waals surface area contributed by atoms with Gasteiger partial charge in [0.15, 0.2) is 0 Å². The zero-order valence-corrected chi connectivity index (χ0v) is 16.4. The Kier molecular flexibility index (Phi) is 5.56. The molecule has 1 aliphatic rings. The predicted molar refractivity (Wildman–Crippen MR) is 108 cm³/mol. The molecule has 4 heteroatoms. The van der Waals surface area contributed by atoms with Crippen LogP contribution in [-0.4, -0.2) is 23.2 Å². The number of rotatable bonds is 8. The van der Waals surface area contributed by atoms with Crippen molar-refractivity contribution in [1.82, 2.24) is 0 Å². The van der Waals surface area contributed by atoms with E-state index in [1.807, 2.05) is 37.3 Å². The Morgan fingerprint density at radius 2 is 1.93 bits per heavy atom. The van der Waals surface area contributed by atoms with Crippen molar-refractivity contribution in [3.8, 4) is 16.9 Å². The molecule has 1 amide bonds. The smallest absolute Gasteiger partial charge is 0.249 e. The number of hydrogen-bond acceptors (Lipinski definition) is 3. The van der Waals surface area contributed by atoms with E-state index in [0.717, 1.165) is 40.3 Å². The summed E-state index contributed by atoms with van der Waals surface area (Å²) in [6.45, 7) is 6.28. The van der Waals surface area contributed by atoms with Gasteiger partial charge in [-0.15, -0.1) is 0 Å². The molecule has 0 aliphatic heterocycles. The van der Waals surface area contributed by atoms with Gasteiger partial charge in [-0.2, -0.15) is 0 Å². The number of hydrogen-bond donors (Lipinski definition) is 2. The fourth-order valence-corrected chi connectivity index (χ4v) is 3.37. The van der Waals surface area contributed by atoms with Gasteiger partial charge >= 0.3 is 0 Å². The van der Waals surface area contributed by atoms with Crippen molar-refractivity contribution >= 4 is 5.91 Å². The monoisotopic (exact) mass is 367 g/mol. The molecule has 2 aromatic carbocycles. The number of benzene rings is 2. The Hall–Kier alpha value is -2.33. The number of aliphatic hydroxyl groups is 1. The highest BCUT2D eigenvalue weighted by Gasteiger charge is 2.21. The largest absolute Gasteiger partial charge is 0.494 e. The van der Waals surface area contributed by atoms with Gasteiger partial charge in [-0.1, -0.05) is 31.0 Å². The van der Waals surface area contributed by atoms with Crippen LogP contribution < -0.4 is 10.5 Å². The minimum atomic E-state index is -0.799. The highest BCUT2D eigenvalue weighted by Crippen LogP contribution is 2.34. The predicted octanol–water partition coefficient (Wildman–Crippen LogP) is 4.25. The molecule has 1 aliphatic carbocycles. The van der Waals surface area contributed by atoms with Crippen LogP contribution in [0.1, 0.15) is 54.6 Å². The van der Waals surface area contributed by atoms with Gasteiger partial charge in [-0.05, 0) is 73.6 Å². The lowest BCUT2D eigenvalue weighted by atomic mass is 9.90. The fourth-order valence-electron chi connectivity index (χ4n) is 3.37. The van der Waals surface area contributed by atoms with Crippen LogP contribution >= 0.6 is 0 Å². The van der Waals surface area contributed by atoms with E-state index in [1.54, 1.807) is 19.9 Å². The van der Waals surface area contributed by atoms with E-state index >= 15 is 0 Å². The first kappa shape index (κ1) is 19.4. The quantitative estimate of drug-likeness (QED) is 0.732. The minimum Gasteiger partial charge on any atom is -0.494 e. The number of aryl methyl sites for hydroxylation is 1. The van der Waals surface area contributed by atoms with Gasteiger partial charge in [0.05, 0.1) is 12.2 Å². The Morgan fingerprint density at radius 3 is 2.56 bits per heavy atom. The zero-order valence-electron chi connectivity index (χ0n) is 16.4. The lowest BCUT2D eigenvalue weighted by molar-refractivity contribution is 0.0810. The zero-order chi connectivity index (χ0) is 19.6. The molecule has 0 atom stereocenters. The van der Waals surface area contributed by atoms with Gasteiger partial charge in [0, 0.05) is 12.0 Å². The molecule has 0 bridgehead atoms. The maximum absolute atomic E-state index is 12.0. The highest BCUT2D eigenvalue weighted by atomic mass is 16.5. The molecule has 0 radical (unpaired) electrons. The van der Waals surface area contributed by atoms with E-state index in [2.05, 4.69) is 0 Å². The summed E-state index contributed by atoms with van der Waals surface area (Å²) in [5.41, 5.74) is 9.08. The van der Waals surface area contributed by atoms with Crippen LogP contribution in [-0.2, 0) is 6.42 Å². The third-order valence-electron chi connectivity index (χ3n) is 4.98. The number of carbonyl (C=O) groups excluding carboxylic acids is 1. The normalized spacial score (nSPS) is 14.2. The molecule has 0 spiro atoms. The molecule has 0 saturated heterocycles. The van der Waals surface area contributed by atoms with Gasteiger partial charge in [0.1, 0.15) is 5.75 Å². The summed E-state index contributed by atoms with van der Waals surface area (Å²) in [5, 5.41) is 10.1. The molecular weight excluding hydrogens is 338 g/mol. The molecule has 27 heavy (non-hydrogen) atoms. The van der Waals surface area contributed by atoms with Crippen LogP contribution in [0.2, 0.25) is 0 Å². The van der Waals surface area contributed by atoms with Crippen LogP contribution in [0.15, 0.2) is 36.4 Å². The van der Waals surface area contributed by atoms with Gasteiger partial charge in [-0.25, -0.2) is 0 Å². The number of carbonyl (C=O) groups is 1. The molecule has 2 aromatic rings. The molecule has 1 fully saturated rings. The maximum Gasteiger partial charge on any atom is 0.249 e. The summed E-state index contributed by atoms with van der Waals surface area (Å²) in [7, 11) is 0. The van der Waals surface area contributed by atoms with Crippen LogP contribution in [0, 0.1) is 12.8 Å². The first-order valence-electron chi connectivity index (χ1n) is 9.62. The van der Waals surface area contributed by atoms with Crippen molar-refractivity contribution in [2.45, 2.75) is 52.1 Å².